The monoisotopic (exact) mass is 299 g/mol. The Kier molecular flexibility index (Phi) is 7.14. The highest BCUT2D eigenvalue weighted by molar-refractivity contribution is 5.73. The van der Waals surface area contributed by atoms with Gasteiger partial charge in [-0.05, 0) is 65.3 Å². The summed E-state index contributed by atoms with van der Waals surface area (Å²) in [6, 6.07) is 0.475. The van der Waals surface area contributed by atoms with Crippen molar-refractivity contribution < 1.29 is 14.6 Å². The summed E-state index contributed by atoms with van der Waals surface area (Å²) in [4.78, 5) is 12.0. The number of esters is 1. The van der Waals surface area contributed by atoms with Crippen LogP contribution in [0, 0.1) is 11.8 Å². The molecule has 1 atom stereocenters. The number of aliphatic hydroxyl groups excluding tert-OH is 1. The predicted octanol–water partition coefficient (Wildman–Crippen LogP) is 2.88. The van der Waals surface area contributed by atoms with Crippen LogP contribution in [-0.4, -0.2) is 35.4 Å². The Balaban J connectivity index is 2.22. The number of ether oxygens (including phenoxy) is 1. The number of nitrogens with one attached hydrogen (secondary N) is 1. The molecule has 0 aromatic carbocycles. The molecule has 0 spiro atoms. The minimum Gasteiger partial charge on any atom is -0.460 e. The van der Waals surface area contributed by atoms with Crippen molar-refractivity contribution >= 4 is 5.97 Å². The second-order valence-electron chi connectivity index (χ2n) is 7.64. The van der Waals surface area contributed by atoms with Crippen LogP contribution in [0.25, 0.3) is 0 Å². The SMILES string of the molecule is CC(C)C(O)CCNC1CCC(C(=O)OC(C)(C)C)CC1. The molecule has 1 rings (SSSR count). The highest BCUT2D eigenvalue weighted by Gasteiger charge is 2.29. The lowest BCUT2D eigenvalue weighted by molar-refractivity contribution is -0.161. The Labute approximate surface area is 129 Å². The Morgan fingerprint density at radius 3 is 2.29 bits per heavy atom. The first-order valence-corrected chi connectivity index (χ1v) is 8.33. The molecule has 0 saturated heterocycles. The van der Waals surface area contributed by atoms with Crippen molar-refractivity contribution in [2.45, 2.75) is 84.5 Å². The Morgan fingerprint density at radius 2 is 1.81 bits per heavy atom. The van der Waals surface area contributed by atoms with Crippen molar-refractivity contribution in [3.63, 3.8) is 0 Å². The van der Waals surface area contributed by atoms with E-state index in [1.165, 1.54) is 0 Å². The van der Waals surface area contributed by atoms with E-state index >= 15 is 0 Å². The van der Waals surface area contributed by atoms with Crippen LogP contribution >= 0.6 is 0 Å². The second-order valence-corrected chi connectivity index (χ2v) is 7.64. The van der Waals surface area contributed by atoms with Crippen molar-refractivity contribution in [3.05, 3.63) is 0 Å². The molecule has 4 nitrogen and oxygen atoms in total. The Bertz CT molecular complexity index is 314. The molecule has 1 aliphatic carbocycles. The number of hydrogen-bond donors (Lipinski definition) is 2. The van der Waals surface area contributed by atoms with E-state index in [1.54, 1.807) is 0 Å². The van der Waals surface area contributed by atoms with Gasteiger partial charge in [-0.25, -0.2) is 0 Å². The van der Waals surface area contributed by atoms with Gasteiger partial charge in [-0.1, -0.05) is 13.8 Å². The van der Waals surface area contributed by atoms with Gasteiger partial charge in [-0.15, -0.1) is 0 Å². The van der Waals surface area contributed by atoms with E-state index < -0.39 is 0 Å². The molecule has 124 valence electrons. The minimum absolute atomic E-state index is 0.0452. The van der Waals surface area contributed by atoms with Crippen LogP contribution < -0.4 is 5.32 Å². The number of rotatable bonds is 6. The predicted molar refractivity (Wildman–Crippen MR) is 85.1 cm³/mol. The molecule has 0 bridgehead atoms. The third kappa shape index (κ3) is 7.28. The lowest BCUT2D eigenvalue weighted by Gasteiger charge is -2.30. The van der Waals surface area contributed by atoms with Crippen LogP contribution in [0.15, 0.2) is 0 Å². The van der Waals surface area contributed by atoms with Gasteiger partial charge < -0.3 is 15.2 Å². The number of carbonyl (C=O) groups is 1. The molecule has 1 fully saturated rings. The summed E-state index contributed by atoms with van der Waals surface area (Å²) in [6.07, 6.45) is 4.40. The lowest BCUT2D eigenvalue weighted by Crippen LogP contribution is -2.38. The number of aliphatic hydroxyl groups is 1. The summed E-state index contributed by atoms with van der Waals surface area (Å²) in [5.41, 5.74) is -0.390. The molecule has 1 saturated carbocycles. The summed E-state index contributed by atoms with van der Waals surface area (Å²) in [7, 11) is 0. The van der Waals surface area contributed by atoms with Crippen LogP contribution in [0.5, 0.6) is 0 Å². The van der Waals surface area contributed by atoms with Gasteiger partial charge in [0.1, 0.15) is 5.60 Å². The zero-order chi connectivity index (χ0) is 16.0. The molecule has 0 aromatic heterocycles. The van der Waals surface area contributed by atoms with Crippen LogP contribution in [0.2, 0.25) is 0 Å². The molecule has 0 amide bonds. The fourth-order valence-corrected chi connectivity index (χ4v) is 2.69. The standard InChI is InChI=1S/C17H33NO3/c1-12(2)15(19)10-11-18-14-8-6-13(7-9-14)16(20)21-17(3,4)5/h12-15,18-19H,6-11H2,1-5H3. The van der Waals surface area contributed by atoms with Gasteiger partial charge in [-0.3, -0.25) is 4.79 Å². The lowest BCUT2D eigenvalue weighted by atomic mass is 9.86. The molecular formula is C17H33NO3. The average molecular weight is 299 g/mol. The van der Waals surface area contributed by atoms with E-state index in [-0.39, 0.29) is 23.6 Å². The number of carbonyl (C=O) groups excluding carboxylic acids is 1. The van der Waals surface area contributed by atoms with Gasteiger partial charge >= 0.3 is 5.97 Å². The first-order chi connectivity index (χ1) is 9.69. The molecule has 1 aliphatic rings. The van der Waals surface area contributed by atoms with Crippen LogP contribution in [0.4, 0.5) is 0 Å². The van der Waals surface area contributed by atoms with Gasteiger partial charge in [0.15, 0.2) is 0 Å². The smallest absolute Gasteiger partial charge is 0.309 e. The topological polar surface area (TPSA) is 58.6 Å². The van der Waals surface area contributed by atoms with Crippen molar-refractivity contribution in [1.29, 1.82) is 0 Å². The van der Waals surface area contributed by atoms with Crippen LogP contribution in [-0.2, 0) is 9.53 Å². The molecule has 1 unspecified atom stereocenters. The van der Waals surface area contributed by atoms with Gasteiger partial charge in [0.05, 0.1) is 12.0 Å². The molecule has 0 aliphatic heterocycles. The first kappa shape index (κ1) is 18.4. The van der Waals surface area contributed by atoms with Crippen LogP contribution in [0.1, 0.15) is 66.7 Å². The molecular weight excluding hydrogens is 266 g/mol. The quantitative estimate of drug-likeness (QED) is 0.740. The van der Waals surface area contributed by atoms with Crippen molar-refractivity contribution in [2.75, 3.05) is 6.54 Å². The maximum absolute atomic E-state index is 12.0. The van der Waals surface area contributed by atoms with E-state index in [0.717, 1.165) is 38.6 Å². The normalized spacial score (nSPS) is 24.9. The average Bonchev–Trinajstić information content (AvgIpc) is 2.37. The van der Waals surface area contributed by atoms with E-state index in [0.29, 0.717) is 12.0 Å². The summed E-state index contributed by atoms with van der Waals surface area (Å²) in [5.74, 6) is 0.328. The summed E-state index contributed by atoms with van der Waals surface area (Å²) >= 11 is 0. The third-order valence-electron chi connectivity index (χ3n) is 4.11. The highest BCUT2D eigenvalue weighted by atomic mass is 16.6. The molecule has 4 heteroatoms. The van der Waals surface area contributed by atoms with Crippen molar-refractivity contribution in [2.24, 2.45) is 11.8 Å². The zero-order valence-corrected chi connectivity index (χ0v) is 14.3. The highest BCUT2D eigenvalue weighted by Crippen LogP contribution is 2.27. The first-order valence-electron chi connectivity index (χ1n) is 8.33. The fraction of sp³-hybridized carbons (Fsp3) is 0.941. The fourth-order valence-electron chi connectivity index (χ4n) is 2.69. The third-order valence-corrected chi connectivity index (χ3v) is 4.11. The maximum atomic E-state index is 12.0. The van der Waals surface area contributed by atoms with E-state index in [2.05, 4.69) is 5.32 Å². The Hall–Kier alpha value is -0.610. The van der Waals surface area contributed by atoms with Gasteiger partial charge in [0.25, 0.3) is 0 Å². The molecule has 0 aromatic rings. The van der Waals surface area contributed by atoms with Crippen molar-refractivity contribution in [3.8, 4) is 0 Å². The molecule has 0 heterocycles. The largest absolute Gasteiger partial charge is 0.460 e. The summed E-state index contributed by atoms with van der Waals surface area (Å²) in [5, 5.41) is 13.3. The molecule has 2 N–H and O–H groups in total. The van der Waals surface area contributed by atoms with E-state index in [9.17, 15) is 9.90 Å². The van der Waals surface area contributed by atoms with Crippen molar-refractivity contribution in [1.82, 2.24) is 5.32 Å². The van der Waals surface area contributed by atoms with Gasteiger partial charge in [0, 0.05) is 6.04 Å². The molecule has 21 heavy (non-hydrogen) atoms. The van der Waals surface area contributed by atoms with Gasteiger partial charge in [0.2, 0.25) is 0 Å². The van der Waals surface area contributed by atoms with E-state index in [4.69, 9.17) is 4.74 Å². The van der Waals surface area contributed by atoms with Crippen LogP contribution in [0.3, 0.4) is 0 Å². The summed E-state index contributed by atoms with van der Waals surface area (Å²) in [6.45, 7) is 10.7. The maximum Gasteiger partial charge on any atom is 0.309 e. The zero-order valence-electron chi connectivity index (χ0n) is 14.3. The van der Waals surface area contributed by atoms with Gasteiger partial charge in [-0.2, -0.15) is 0 Å². The summed E-state index contributed by atoms with van der Waals surface area (Å²) < 4.78 is 5.46. The Morgan fingerprint density at radius 1 is 1.24 bits per heavy atom. The second kappa shape index (κ2) is 8.14. The van der Waals surface area contributed by atoms with E-state index in [1.807, 2.05) is 34.6 Å². The minimum atomic E-state index is -0.390. The molecule has 0 radical (unpaired) electrons. The number of hydrogen-bond acceptors (Lipinski definition) is 4.